The van der Waals surface area contributed by atoms with Crippen LogP contribution in [0.25, 0.3) is 11.4 Å². The number of aryl methyl sites for hydroxylation is 1. The van der Waals surface area contributed by atoms with E-state index in [0.717, 1.165) is 30.4 Å². The number of hydrogen-bond donors (Lipinski definition) is 0. The minimum absolute atomic E-state index is 0.553. The second-order valence-corrected chi connectivity index (χ2v) is 7.16. The van der Waals surface area contributed by atoms with Crippen molar-refractivity contribution in [2.75, 3.05) is 6.61 Å². The van der Waals surface area contributed by atoms with Crippen molar-refractivity contribution in [3.8, 4) is 23.2 Å². The molecular formula is C22H27N3O. The van der Waals surface area contributed by atoms with Crippen molar-refractivity contribution in [1.82, 2.24) is 9.97 Å². The molecule has 0 spiro atoms. The van der Waals surface area contributed by atoms with Gasteiger partial charge in [0.05, 0.1) is 12.2 Å². The largest absolute Gasteiger partial charge is 0.492 e. The van der Waals surface area contributed by atoms with Crippen molar-refractivity contribution in [2.45, 2.75) is 58.3 Å². The molecule has 4 heteroatoms. The lowest BCUT2D eigenvalue weighted by atomic mass is 9.90. The van der Waals surface area contributed by atoms with Gasteiger partial charge in [-0.25, -0.2) is 9.97 Å². The van der Waals surface area contributed by atoms with E-state index in [1.165, 1.54) is 32.1 Å². The van der Waals surface area contributed by atoms with E-state index >= 15 is 0 Å². The summed E-state index contributed by atoms with van der Waals surface area (Å²) in [7, 11) is 0. The molecule has 0 bridgehead atoms. The highest BCUT2D eigenvalue weighted by atomic mass is 16.5. The van der Waals surface area contributed by atoms with Gasteiger partial charge in [-0.1, -0.05) is 32.6 Å². The standard InChI is InChI=1S/C22H27N3O/c1-2-3-7-18-14-24-22(25-15-18)19-10-11-21(20(12-19)13-23)26-16-17-8-5-4-6-9-17/h10-12,14-15,17H,2-9,16H2,1H3. The number of benzene rings is 1. The molecule has 136 valence electrons. The Morgan fingerprint density at radius 1 is 1.15 bits per heavy atom. The van der Waals surface area contributed by atoms with Crippen LogP contribution in [0.15, 0.2) is 30.6 Å². The topological polar surface area (TPSA) is 58.8 Å². The van der Waals surface area contributed by atoms with Gasteiger partial charge < -0.3 is 4.74 Å². The molecule has 1 saturated carbocycles. The number of aromatic nitrogens is 2. The first-order valence-corrected chi connectivity index (χ1v) is 9.78. The molecule has 0 radical (unpaired) electrons. The zero-order chi connectivity index (χ0) is 18.2. The van der Waals surface area contributed by atoms with Gasteiger partial charge in [0.15, 0.2) is 5.82 Å². The third-order valence-electron chi connectivity index (χ3n) is 5.08. The lowest BCUT2D eigenvalue weighted by Gasteiger charge is -2.22. The van der Waals surface area contributed by atoms with Gasteiger partial charge in [0.1, 0.15) is 11.8 Å². The first-order chi connectivity index (χ1) is 12.8. The molecule has 1 fully saturated rings. The predicted octanol–water partition coefficient (Wildman–Crippen LogP) is 5.32. The van der Waals surface area contributed by atoms with Gasteiger partial charge in [0, 0.05) is 18.0 Å². The number of nitriles is 1. The summed E-state index contributed by atoms with van der Waals surface area (Å²) >= 11 is 0. The van der Waals surface area contributed by atoms with Gasteiger partial charge in [-0.15, -0.1) is 0 Å². The Balaban J connectivity index is 1.68. The third-order valence-corrected chi connectivity index (χ3v) is 5.08. The number of rotatable bonds is 7. The summed E-state index contributed by atoms with van der Waals surface area (Å²) in [6.07, 6.45) is 13.5. The van der Waals surface area contributed by atoms with Crippen LogP contribution in [0.5, 0.6) is 5.75 Å². The molecule has 0 unspecified atom stereocenters. The van der Waals surface area contributed by atoms with E-state index < -0.39 is 0 Å². The van der Waals surface area contributed by atoms with Crippen LogP contribution in [0, 0.1) is 17.2 Å². The average molecular weight is 349 g/mol. The van der Waals surface area contributed by atoms with Crippen LogP contribution in [-0.4, -0.2) is 16.6 Å². The second kappa shape index (κ2) is 9.33. The van der Waals surface area contributed by atoms with Crippen molar-refractivity contribution in [3.05, 3.63) is 41.7 Å². The quantitative estimate of drug-likeness (QED) is 0.679. The molecule has 4 nitrogen and oxygen atoms in total. The molecule has 0 N–H and O–H groups in total. The van der Waals surface area contributed by atoms with Crippen LogP contribution in [-0.2, 0) is 6.42 Å². The van der Waals surface area contributed by atoms with Crippen LogP contribution in [0.2, 0.25) is 0 Å². The van der Waals surface area contributed by atoms with Gasteiger partial charge in [-0.3, -0.25) is 0 Å². The molecule has 1 heterocycles. The summed E-state index contributed by atoms with van der Waals surface area (Å²) in [4.78, 5) is 8.93. The average Bonchev–Trinajstić information content (AvgIpc) is 2.71. The molecular weight excluding hydrogens is 322 g/mol. The molecule has 0 atom stereocenters. The SMILES string of the molecule is CCCCc1cnc(-c2ccc(OCC3CCCCC3)c(C#N)c2)nc1. The maximum atomic E-state index is 9.50. The first-order valence-electron chi connectivity index (χ1n) is 9.78. The molecule has 0 amide bonds. The summed E-state index contributed by atoms with van der Waals surface area (Å²) in [5, 5.41) is 9.50. The van der Waals surface area contributed by atoms with Crippen LogP contribution < -0.4 is 4.74 Å². The number of unbranched alkanes of at least 4 members (excludes halogenated alkanes) is 1. The van der Waals surface area contributed by atoms with Gasteiger partial charge in [0.25, 0.3) is 0 Å². The van der Waals surface area contributed by atoms with Gasteiger partial charge in [-0.2, -0.15) is 5.26 Å². The molecule has 26 heavy (non-hydrogen) atoms. The Labute approximate surface area is 156 Å². The fourth-order valence-corrected chi connectivity index (χ4v) is 3.46. The fourth-order valence-electron chi connectivity index (χ4n) is 3.46. The van der Waals surface area contributed by atoms with Crippen molar-refractivity contribution in [1.29, 1.82) is 5.26 Å². The summed E-state index contributed by atoms with van der Waals surface area (Å²) < 4.78 is 5.96. The molecule has 1 aromatic carbocycles. The number of ether oxygens (including phenoxy) is 1. The Morgan fingerprint density at radius 2 is 1.92 bits per heavy atom. The summed E-state index contributed by atoms with van der Waals surface area (Å²) in [5.41, 5.74) is 2.56. The second-order valence-electron chi connectivity index (χ2n) is 7.16. The van der Waals surface area contributed by atoms with Gasteiger partial charge in [-0.05, 0) is 55.4 Å². The minimum atomic E-state index is 0.553. The molecule has 2 aromatic rings. The maximum Gasteiger partial charge on any atom is 0.159 e. The lowest BCUT2D eigenvalue weighted by molar-refractivity contribution is 0.208. The highest BCUT2D eigenvalue weighted by Crippen LogP contribution is 2.28. The van der Waals surface area contributed by atoms with E-state index in [2.05, 4.69) is 23.0 Å². The number of hydrogen-bond acceptors (Lipinski definition) is 4. The predicted molar refractivity (Wildman–Crippen MR) is 103 cm³/mol. The van der Waals surface area contributed by atoms with E-state index in [1.807, 2.05) is 30.6 Å². The molecule has 0 aliphatic heterocycles. The molecule has 3 rings (SSSR count). The monoisotopic (exact) mass is 349 g/mol. The molecule has 1 aromatic heterocycles. The molecule has 0 saturated heterocycles. The van der Waals surface area contributed by atoms with Crippen LogP contribution in [0.4, 0.5) is 0 Å². The van der Waals surface area contributed by atoms with E-state index in [-0.39, 0.29) is 0 Å². The van der Waals surface area contributed by atoms with Crippen molar-refractivity contribution in [2.24, 2.45) is 5.92 Å². The van der Waals surface area contributed by atoms with E-state index in [0.29, 0.717) is 29.7 Å². The van der Waals surface area contributed by atoms with Crippen LogP contribution in [0.3, 0.4) is 0 Å². The Morgan fingerprint density at radius 3 is 2.62 bits per heavy atom. The Bertz CT molecular complexity index is 743. The third kappa shape index (κ3) is 4.82. The number of nitrogens with zero attached hydrogens (tertiary/aromatic N) is 3. The highest BCUT2D eigenvalue weighted by Gasteiger charge is 2.15. The summed E-state index contributed by atoms with van der Waals surface area (Å²) in [5.74, 6) is 1.94. The van der Waals surface area contributed by atoms with Crippen molar-refractivity contribution < 1.29 is 4.74 Å². The first kappa shape index (κ1) is 18.4. The molecule has 1 aliphatic rings. The van der Waals surface area contributed by atoms with Crippen molar-refractivity contribution >= 4 is 0 Å². The van der Waals surface area contributed by atoms with E-state index in [1.54, 1.807) is 0 Å². The van der Waals surface area contributed by atoms with Crippen molar-refractivity contribution in [3.63, 3.8) is 0 Å². The van der Waals surface area contributed by atoms with E-state index in [9.17, 15) is 5.26 Å². The maximum absolute atomic E-state index is 9.50. The fraction of sp³-hybridized carbons (Fsp3) is 0.500. The van der Waals surface area contributed by atoms with Crippen LogP contribution >= 0.6 is 0 Å². The molecule has 1 aliphatic carbocycles. The van der Waals surface area contributed by atoms with E-state index in [4.69, 9.17) is 4.74 Å². The Hall–Kier alpha value is -2.41. The summed E-state index contributed by atoms with van der Waals surface area (Å²) in [6.45, 7) is 2.88. The smallest absolute Gasteiger partial charge is 0.159 e. The van der Waals surface area contributed by atoms with Gasteiger partial charge in [0.2, 0.25) is 0 Å². The van der Waals surface area contributed by atoms with Crippen LogP contribution in [0.1, 0.15) is 63.0 Å². The van der Waals surface area contributed by atoms with Gasteiger partial charge >= 0.3 is 0 Å². The minimum Gasteiger partial charge on any atom is -0.492 e. The summed E-state index contributed by atoms with van der Waals surface area (Å²) in [6, 6.07) is 7.91. The zero-order valence-corrected chi connectivity index (χ0v) is 15.6. The lowest BCUT2D eigenvalue weighted by Crippen LogP contribution is -2.15. The zero-order valence-electron chi connectivity index (χ0n) is 15.6. The normalized spacial score (nSPS) is 14.8. The highest BCUT2D eigenvalue weighted by molar-refractivity contribution is 5.61. The Kier molecular flexibility index (Phi) is 6.60.